The van der Waals surface area contributed by atoms with Crippen LogP contribution in [0.4, 0.5) is 10.5 Å². The van der Waals surface area contributed by atoms with Crippen molar-refractivity contribution in [1.29, 1.82) is 0 Å². The number of nitrogens with one attached hydrogen (secondary N) is 4. The monoisotopic (exact) mass is 302 g/mol. The van der Waals surface area contributed by atoms with E-state index in [1.54, 1.807) is 24.3 Å². The van der Waals surface area contributed by atoms with Crippen molar-refractivity contribution in [1.82, 2.24) is 16.0 Å². The second-order valence-electron chi connectivity index (χ2n) is 5.96. The molecule has 2 fully saturated rings. The topological polar surface area (TPSA) is 82.3 Å². The Morgan fingerprint density at radius 1 is 1.23 bits per heavy atom. The molecule has 1 unspecified atom stereocenters. The first-order valence-corrected chi connectivity index (χ1v) is 7.90. The fourth-order valence-electron chi connectivity index (χ4n) is 2.57. The number of benzene rings is 1. The number of carbonyl (C=O) groups excluding carboxylic acids is 2. The molecule has 0 bridgehead atoms. The second-order valence-corrected chi connectivity index (χ2v) is 5.96. The third kappa shape index (κ3) is 4.21. The molecule has 0 spiro atoms. The maximum Gasteiger partial charge on any atom is 0.319 e. The van der Waals surface area contributed by atoms with E-state index in [1.165, 1.54) is 0 Å². The molecular weight excluding hydrogens is 280 g/mol. The van der Waals surface area contributed by atoms with Gasteiger partial charge in [-0.05, 0) is 50.4 Å². The summed E-state index contributed by atoms with van der Waals surface area (Å²) in [6.45, 7) is 1.66. The maximum atomic E-state index is 12.2. The van der Waals surface area contributed by atoms with Crippen molar-refractivity contribution in [2.24, 2.45) is 0 Å². The van der Waals surface area contributed by atoms with Gasteiger partial charge in [0, 0.05) is 29.9 Å². The molecule has 6 nitrogen and oxygen atoms in total. The predicted octanol–water partition coefficient (Wildman–Crippen LogP) is 1.45. The van der Waals surface area contributed by atoms with Gasteiger partial charge in [0.25, 0.3) is 5.91 Å². The van der Waals surface area contributed by atoms with Crippen molar-refractivity contribution >= 4 is 17.6 Å². The summed E-state index contributed by atoms with van der Waals surface area (Å²) in [5, 5.41) is 11.9. The molecule has 3 rings (SSSR count). The molecule has 2 aliphatic rings. The smallest absolute Gasteiger partial charge is 0.319 e. The van der Waals surface area contributed by atoms with Crippen LogP contribution in [0.1, 0.15) is 36.0 Å². The first-order chi connectivity index (χ1) is 10.7. The summed E-state index contributed by atoms with van der Waals surface area (Å²) in [6, 6.07) is 7.47. The lowest BCUT2D eigenvalue weighted by Gasteiger charge is -2.12. The third-order valence-corrected chi connectivity index (χ3v) is 3.97. The van der Waals surface area contributed by atoms with Gasteiger partial charge in [0.2, 0.25) is 0 Å². The third-order valence-electron chi connectivity index (χ3n) is 3.97. The SMILES string of the molecule is O=C(Nc1cccc(C(=O)NCC2CCCN2)c1)NC1CC1. The molecule has 1 aromatic rings. The Labute approximate surface area is 130 Å². The fourth-order valence-corrected chi connectivity index (χ4v) is 2.57. The van der Waals surface area contributed by atoms with Crippen LogP contribution in [-0.4, -0.2) is 37.1 Å². The zero-order chi connectivity index (χ0) is 15.4. The molecule has 0 radical (unpaired) electrons. The van der Waals surface area contributed by atoms with E-state index in [9.17, 15) is 9.59 Å². The molecule has 1 aliphatic carbocycles. The van der Waals surface area contributed by atoms with Crippen LogP contribution in [-0.2, 0) is 0 Å². The summed E-state index contributed by atoms with van der Waals surface area (Å²) in [5.74, 6) is -0.111. The number of carbonyl (C=O) groups is 2. The van der Waals surface area contributed by atoms with Crippen LogP contribution < -0.4 is 21.3 Å². The highest BCUT2D eigenvalue weighted by Crippen LogP contribution is 2.19. The number of urea groups is 1. The molecule has 118 valence electrons. The van der Waals surface area contributed by atoms with E-state index < -0.39 is 0 Å². The van der Waals surface area contributed by atoms with Crippen LogP contribution in [0.3, 0.4) is 0 Å². The van der Waals surface area contributed by atoms with Crippen molar-refractivity contribution in [2.45, 2.75) is 37.8 Å². The quantitative estimate of drug-likeness (QED) is 0.664. The summed E-state index contributed by atoms with van der Waals surface area (Å²) >= 11 is 0. The minimum atomic E-state index is -0.213. The van der Waals surface area contributed by atoms with Crippen molar-refractivity contribution in [3.05, 3.63) is 29.8 Å². The molecule has 6 heteroatoms. The van der Waals surface area contributed by atoms with Gasteiger partial charge in [-0.15, -0.1) is 0 Å². The molecule has 4 N–H and O–H groups in total. The second kappa shape index (κ2) is 6.79. The number of amides is 3. The average molecular weight is 302 g/mol. The Hall–Kier alpha value is -2.08. The lowest BCUT2D eigenvalue weighted by Crippen LogP contribution is -2.37. The van der Waals surface area contributed by atoms with Gasteiger partial charge in [-0.3, -0.25) is 4.79 Å². The first kappa shape index (κ1) is 14.8. The summed E-state index contributed by atoms with van der Waals surface area (Å²) in [7, 11) is 0. The van der Waals surface area contributed by atoms with Gasteiger partial charge in [-0.2, -0.15) is 0 Å². The molecule has 1 saturated heterocycles. The van der Waals surface area contributed by atoms with Gasteiger partial charge in [-0.25, -0.2) is 4.79 Å². The van der Waals surface area contributed by atoms with Gasteiger partial charge in [0.15, 0.2) is 0 Å². The Balaban J connectivity index is 1.52. The van der Waals surface area contributed by atoms with E-state index >= 15 is 0 Å². The zero-order valence-corrected chi connectivity index (χ0v) is 12.5. The van der Waals surface area contributed by atoms with Gasteiger partial charge in [-0.1, -0.05) is 6.07 Å². The summed E-state index contributed by atoms with van der Waals surface area (Å²) in [4.78, 5) is 23.9. The van der Waals surface area contributed by atoms with Crippen molar-refractivity contribution in [2.75, 3.05) is 18.4 Å². The molecule has 0 aromatic heterocycles. The maximum absolute atomic E-state index is 12.2. The molecule has 1 saturated carbocycles. The number of hydrogen-bond acceptors (Lipinski definition) is 3. The van der Waals surface area contributed by atoms with Crippen LogP contribution in [0.2, 0.25) is 0 Å². The van der Waals surface area contributed by atoms with E-state index in [1.807, 2.05) is 0 Å². The molecule has 1 aliphatic heterocycles. The number of anilines is 1. The van der Waals surface area contributed by atoms with E-state index in [0.717, 1.165) is 32.2 Å². The van der Waals surface area contributed by atoms with Crippen molar-refractivity contribution < 1.29 is 9.59 Å². The van der Waals surface area contributed by atoms with E-state index in [4.69, 9.17) is 0 Å². The van der Waals surface area contributed by atoms with Crippen molar-refractivity contribution in [3.8, 4) is 0 Å². The Kier molecular flexibility index (Phi) is 4.58. The first-order valence-electron chi connectivity index (χ1n) is 7.90. The van der Waals surface area contributed by atoms with Crippen LogP contribution in [0.25, 0.3) is 0 Å². The number of hydrogen-bond donors (Lipinski definition) is 4. The molecule has 3 amide bonds. The largest absolute Gasteiger partial charge is 0.350 e. The van der Waals surface area contributed by atoms with Crippen molar-refractivity contribution in [3.63, 3.8) is 0 Å². The molecule has 1 aromatic carbocycles. The highest BCUT2D eigenvalue weighted by atomic mass is 16.2. The molecule has 22 heavy (non-hydrogen) atoms. The highest BCUT2D eigenvalue weighted by molar-refractivity contribution is 5.96. The van der Waals surface area contributed by atoms with Crippen LogP contribution in [0.5, 0.6) is 0 Å². The minimum absolute atomic E-state index is 0.111. The summed E-state index contributed by atoms with van der Waals surface area (Å²) < 4.78 is 0. The van der Waals surface area contributed by atoms with Crippen LogP contribution >= 0.6 is 0 Å². The van der Waals surface area contributed by atoms with Crippen LogP contribution in [0, 0.1) is 0 Å². The van der Waals surface area contributed by atoms with Gasteiger partial charge < -0.3 is 21.3 Å². The van der Waals surface area contributed by atoms with Gasteiger partial charge >= 0.3 is 6.03 Å². The number of rotatable bonds is 5. The molecule has 1 atom stereocenters. The fraction of sp³-hybridized carbons (Fsp3) is 0.500. The summed E-state index contributed by atoms with van der Waals surface area (Å²) in [6.07, 6.45) is 4.36. The Bertz CT molecular complexity index is 551. The Morgan fingerprint density at radius 3 is 2.82 bits per heavy atom. The summed E-state index contributed by atoms with van der Waals surface area (Å²) in [5.41, 5.74) is 1.19. The normalized spacial score (nSPS) is 20.5. The van der Waals surface area contributed by atoms with E-state index in [0.29, 0.717) is 29.9 Å². The Morgan fingerprint density at radius 2 is 2.09 bits per heavy atom. The van der Waals surface area contributed by atoms with Gasteiger partial charge in [0.1, 0.15) is 0 Å². The average Bonchev–Trinajstić information content (AvgIpc) is 3.16. The van der Waals surface area contributed by atoms with E-state index in [-0.39, 0.29) is 11.9 Å². The van der Waals surface area contributed by atoms with Crippen LogP contribution in [0.15, 0.2) is 24.3 Å². The lowest BCUT2D eigenvalue weighted by molar-refractivity contribution is 0.0950. The zero-order valence-electron chi connectivity index (χ0n) is 12.5. The standard InChI is InChI=1S/C16H22N4O2/c21-15(18-10-14-5-2-8-17-14)11-3-1-4-13(9-11)20-16(22)19-12-6-7-12/h1,3-4,9,12,14,17H,2,5-8,10H2,(H,18,21)(H2,19,20,22). The van der Waals surface area contributed by atoms with Gasteiger partial charge in [0.05, 0.1) is 0 Å². The minimum Gasteiger partial charge on any atom is -0.350 e. The molecular formula is C16H22N4O2. The molecule has 1 heterocycles. The predicted molar refractivity (Wildman–Crippen MR) is 85.0 cm³/mol. The van der Waals surface area contributed by atoms with E-state index in [2.05, 4.69) is 21.3 Å². The lowest BCUT2D eigenvalue weighted by atomic mass is 10.1. The highest BCUT2D eigenvalue weighted by Gasteiger charge is 2.23.